The van der Waals surface area contributed by atoms with Crippen LogP contribution in [0.25, 0.3) is 10.9 Å². The summed E-state index contributed by atoms with van der Waals surface area (Å²) in [4.78, 5) is 26.0. The van der Waals surface area contributed by atoms with Crippen molar-refractivity contribution in [1.82, 2.24) is 15.0 Å². The number of hydrogen-bond donors (Lipinski definition) is 1. The quantitative estimate of drug-likeness (QED) is 0.540. The van der Waals surface area contributed by atoms with Gasteiger partial charge in [0.05, 0.1) is 11.2 Å². The first-order valence-electron chi connectivity index (χ1n) is 8.52. The highest BCUT2D eigenvalue weighted by Crippen LogP contribution is 2.22. The van der Waals surface area contributed by atoms with E-state index < -0.39 is 0 Å². The molecule has 134 valence electrons. The first kappa shape index (κ1) is 18.3. The van der Waals surface area contributed by atoms with E-state index in [1.807, 2.05) is 57.4 Å². The Morgan fingerprint density at radius 3 is 2.46 bits per heavy atom. The SMILES string of the molecule is CSc1nc(C)c(CCC(=O)Nc2cccc3ccc(C)nc23)c(C)n1. The second-order valence-electron chi connectivity index (χ2n) is 6.24. The fraction of sp³-hybridized carbons (Fsp3) is 0.300. The fourth-order valence-electron chi connectivity index (χ4n) is 2.96. The summed E-state index contributed by atoms with van der Waals surface area (Å²) in [6.45, 7) is 5.89. The zero-order valence-electron chi connectivity index (χ0n) is 15.5. The van der Waals surface area contributed by atoms with Gasteiger partial charge in [-0.05, 0) is 51.1 Å². The molecule has 0 saturated heterocycles. The number of carbonyl (C=O) groups excluding carboxylic acids is 1. The lowest BCUT2D eigenvalue weighted by Crippen LogP contribution is -2.14. The molecular weight excluding hydrogens is 344 g/mol. The molecule has 0 spiro atoms. The van der Waals surface area contributed by atoms with E-state index in [1.54, 1.807) is 0 Å². The minimum Gasteiger partial charge on any atom is -0.324 e. The third-order valence-corrected chi connectivity index (χ3v) is 4.87. The van der Waals surface area contributed by atoms with Gasteiger partial charge in [0.25, 0.3) is 0 Å². The minimum absolute atomic E-state index is 0.0338. The number of hydrogen-bond acceptors (Lipinski definition) is 5. The van der Waals surface area contributed by atoms with Gasteiger partial charge in [-0.25, -0.2) is 9.97 Å². The first-order chi connectivity index (χ1) is 12.5. The minimum atomic E-state index is -0.0338. The fourth-order valence-corrected chi connectivity index (χ4v) is 3.41. The Balaban J connectivity index is 1.74. The van der Waals surface area contributed by atoms with Gasteiger partial charge in [-0.15, -0.1) is 0 Å². The van der Waals surface area contributed by atoms with Crippen molar-refractivity contribution in [3.05, 3.63) is 53.0 Å². The first-order valence-corrected chi connectivity index (χ1v) is 9.74. The number of aryl methyl sites for hydroxylation is 3. The summed E-state index contributed by atoms with van der Waals surface area (Å²) in [5.41, 5.74) is 5.43. The van der Waals surface area contributed by atoms with Crippen LogP contribution in [0.3, 0.4) is 0 Å². The van der Waals surface area contributed by atoms with Crippen LogP contribution in [-0.4, -0.2) is 27.1 Å². The predicted molar refractivity (Wildman–Crippen MR) is 107 cm³/mol. The Bertz CT molecular complexity index is 948. The molecule has 0 unspecified atom stereocenters. The van der Waals surface area contributed by atoms with Crippen molar-refractivity contribution >= 4 is 34.3 Å². The molecule has 1 amide bonds. The zero-order valence-corrected chi connectivity index (χ0v) is 16.3. The number of benzene rings is 1. The Kier molecular flexibility index (Phi) is 5.52. The maximum Gasteiger partial charge on any atom is 0.224 e. The molecule has 0 atom stereocenters. The summed E-state index contributed by atoms with van der Waals surface area (Å²) in [5.74, 6) is -0.0338. The second-order valence-corrected chi connectivity index (χ2v) is 7.01. The van der Waals surface area contributed by atoms with Crippen LogP contribution in [0.5, 0.6) is 0 Å². The molecule has 5 nitrogen and oxygen atoms in total. The van der Waals surface area contributed by atoms with E-state index in [1.165, 1.54) is 11.8 Å². The van der Waals surface area contributed by atoms with Crippen molar-refractivity contribution in [3.63, 3.8) is 0 Å². The Labute approximate surface area is 157 Å². The molecule has 0 aliphatic heterocycles. The van der Waals surface area contributed by atoms with Gasteiger partial charge in [-0.2, -0.15) is 0 Å². The Morgan fingerprint density at radius 1 is 1.04 bits per heavy atom. The second kappa shape index (κ2) is 7.83. The molecule has 2 aromatic heterocycles. The highest BCUT2D eigenvalue weighted by atomic mass is 32.2. The lowest BCUT2D eigenvalue weighted by atomic mass is 10.1. The summed E-state index contributed by atoms with van der Waals surface area (Å²) in [7, 11) is 0. The third-order valence-electron chi connectivity index (χ3n) is 4.32. The Morgan fingerprint density at radius 2 is 1.77 bits per heavy atom. The summed E-state index contributed by atoms with van der Waals surface area (Å²) < 4.78 is 0. The molecule has 2 heterocycles. The van der Waals surface area contributed by atoms with Gasteiger partial charge in [-0.1, -0.05) is 30.0 Å². The summed E-state index contributed by atoms with van der Waals surface area (Å²) >= 11 is 1.53. The van der Waals surface area contributed by atoms with Crippen LogP contribution in [-0.2, 0) is 11.2 Å². The highest BCUT2D eigenvalue weighted by Gasteiger charge is 2.12. The van der Waals surface area contributed by atoms with Gasteiger partial charge in [0, 0.05) is 28.9 Å². The lowest BCUT2D eigenvalue weighted by Gasteiger charge is -2.11. The third kappa shape index (κ3) is 4.02. The van der Waals surface area contributed by atoms with Crippen molar-refractivity contribution in [2.24, 2.45) is 0 Å². The van der Waals surface area contributed by atoms with Gasteiger partial charge >= 0.3 is 0 Å². The van der Waals surface area contributed by atoms with Gasteiger partial charge in [0.1, 0.15) is 0 Å². The number of nitrogens with zero attached hydrogens (tertiary/aromatic N) is 3. The van der Waals surface area contributed by atoms with Crippen LogP contribution in [0.1, 0.15) is 29.1 Å². The molecular formula is C20H22N4OS. The van der Waals surface area contributed by atoms with Crippen molar-refractivity contribution in [2.75, 3.05) is 11.6 Å². The number of anilines is 1. The monoisotopic (exact) mass is 366 g/mol. The molecule has 3 aromatic rings. The van der Waals surface area contributed by atoms with Crippen LogP contribution in [0.15, 0.2) is 35.5 Å². The number of para-hydroxylation sites is 1. The number of pyridine rings is 1. The molecule has 1 aromatic carbocycles. The van der Waals surface area contributed by atoms with E-state index in [0.29, 0.717) is 12.8 Å². The molecule has 0 saturated carbocycles. The average molecular weight is 366 g/mol. The van der Waals surface area contributed by atoms with Crippen molar-refractivity contribution in [2.45, 2.75) is 38.8 Å². The van der Waals surface area contributed by atoms with E-state index >= 15 is 0 Å². The van der Waals surface area contributed by atoms with E-state index in [2.05, 4.69) is 20.3 Å². The standard InChI is InChI=1S/C20H22N4OS/c1-12-8-9-15-6-5-7-17(19(15)21-12)24-18(25)11-10-16-13(2)22-20(26-4)23-14(16)3/h5-9H,10-11H2,1-4H3,(H,24,25). The summed E-state index contributed by atoms with van der Waals surface area (Å²) in [6.07, 6.45) is 2.96. The van der Waals surface area contributed by atoms with Crippen LogP contribution in [0.2, 0.25) is 0 Å². The van der Waals surface area contributed by atoms with Gasteiger partial charge in [0.2, 0.25) is 5.91 Å². The molecule has 0 bridgehead atoms. The number of carbonyl (C=O) groups is 1. The number of thioether (sulfide) groups is 1. The number of fused-ring (bicyclic) bond motifs is 1. The lowest BCUT2D eigenvalue weighted by molar-refractivity contribution is -0.116. The smallest absolute Gasteiger partial charge is 0.224 e. The van der Waals surface area contributed by atoms with Crippen LogP contribution >= 0.6 is 11.8 Å². The predicted octanol–water partition coefficient (Wildman–Crippen LogP) is 4.24. The van der Waals surface area contributed by atoms with Gasteiger partial charge in [-0.3, -0.25) is 9.78 Å². The average Bonchev–Trinajstić information content (AvgIpc) is 2.61. The Hall–Kier alpha value is -2.47. The maximum absolute atomic E-state index is 12.5. The normalized spacial score (nSPS) is 10.9. The van der Waals surface area contributed by atoms with E-state index in [9.17, 15) is 4.79 Å². The van der Waals surface area contributed by atoms with Gasteiger partial charge in [0.15, 0.2) is 5.16 Å². The molecule has 1 N–H and O–H groups in total. The number of nitrogens with one attached hydrogen (secondary N) is 1. The maximum atomic E-state index is 12.5. The van der Waals surface area contributed by atoms with Crippen LogP contribution in [0.4, 0.5) is 5.69 Å². The zero-order chi connectivity index (χ0) is 18.7. The number of rotatable bonds is 5. The van der Waals surface area contributed by atoms with E-state index in [4.69, 9.17) is 0 Å². The number of amides is 1. The van der Waals surface area contributed by atoms with Crippen molar-refractivity contribution in [3.8, 4) is 0 Å². The molecule has 26 heavy (non-hydrogen) atoms. The molecule has 3 rings (SSSR count). The van der Waals surface area contributed by atoms with Crippen molar-refractivity contribution < 1.29 is 4.79 Å². The van der Waals surface area contributed by atoms with E-state index in [-0.39, 0.29) is 5.91 Å². The van der Waals surface area contributed by atoms with Crippen LogP contribution < -0.4 is 5.32 Å². The largest absolute Gasteiger partial charge is 0.324 e. The van der Waals surface area contributed by atoms with Crippen LogP contribution in [0, 0.1) is 20.8 Å². The molecule has 0 aliphatic rings. The molecule has 0 radical (unpaired) electrons. The topological polar surface area (TPSA) is 67.8 Å². The number of aromatic nitrogens is 3. The molecule has 6 heteroatoms. The highest BCUT2D eigenvalue weighted by molar-refractivity contribution is 7.98. The summed E-state index contributed by atoms with van der Waals surface area (Å²) in [5, 5.41) is 4.78. The molecule has 0 fully saturated rings. The summed E-state index contributed by atoms with van der Waals surface area (Å²) in [6, 6.07) is 9.80. The molecule has 0 aliphatic carbocycles. The van der Waals surface area contributed by atoms with Crippen molar-refractivity contribution in [1.29, 1.82) is 0 Å². The van der Waals surface area contributed by atoms with Gasteiger partial charge < -0.3 is 5.32 Å². The van der Waals surface area contributed by atoms with E-state index in [0.717, 1.165) is 44.4 Å².